The van der Waals surface area contributed by atoms with Crippen LogP contribution in [0.5, 0.6) is 0 Å². The molecule has 0 spiro atoms. The third-order valence-electron chi connectivity index (χ3n) is 3.64. The second-order valence-electron chi connectivity index (χ2n) is 5.74. The molecule has 124 valence electrons. The highest BCUT2D eigenvalue weighted by Crippen LogP contribution is 2.38. The van der Waals surface area contributed by atoms with E-state index in [4.69, 9.17) is 4.99 Å². The molecule has 0 amide bonds. The van der Waals surface area contributed by atoms with Crippen LogP contribution in [0, 0.1) is 0 Å². The summed E-state index contributed by atoms with van der Waals surface area (Å²) in [6.45, 7) is 5.20. The van der Waals surface area contributed by atoms with Crippen LogP contribution >= 0.6 is 23.5 Å². The van der Waals surface area contributed by atoms with Gasteiger partial charge in [0.15, 0.2) is 5.17 Å². The van der Waals surface area contributed by atoms with Crippen LogP contribution in [0.4, 0.5) is 5.69 Å². The number of para-hydroxylation sites is 1. The molecular weight excluding hydrogens is 334 g/mol. The van der Waals surface area contributed by atoms with E-state index in [0.29, 0.717) is 0 Å². The van der Waals surface area contributed by atoms with Gasteiger partial charge in [-0.05, 0) is 60.8 Å². The predicted octanol–water partition coefficient (Wildman–Crippen LogP) is 5.63. The molecule has 0 atom stereocenters. The van der Waals surface area contributed by atoms with E-state index < -0.39 is 0 Å². The van der Waals surface area contributed by atoms with E-state index in [9.17, 15) is 0 Å². The number of hydrogen-bond acceptors (Lipinski definition) is 5. The summed E-state index contributed by atoms with van der Waals surface area (Å²) in [5.41, 5.74) is 3.68. The largest absolute Gasteiger partial charge is 0.361 e. The van der Waals surface area contributed by atoms with Gasteiger partial charge in [-0.3, -0.25) is 0 Å². The average Bonchev–Trinajstić information content (AvgIpc) is 2.62. The van der Waals surface area contributed by atoms with Crippen molar-refractivity contribution in [1.82, 2.24) is 5.32 Å². The number of allylic oxidation sites excluding steroid dienone is 2. The fourth-order valence-electron chi connectivity index (χ4n) is 2.33. The summed E-state index contributed by atoms with van der Waals surface area (Å²) in [6, 6.07) is 10.2. The lowest BCUT2D eigenvalue weighted by molar-refractivity contribution is 0.988. The Morgan fingerprint density at radius 2 is 2.08 bits per heavy atom. The molecule has 0 bridgehead atoms. The molecule has 1 N–H and O–H groups in total. The quantitative estimate of drug-likeness (QED) is 0.747. The molecule has 0 unspecified atom stereocenters. The van der Waals surface area contributed by atoms with E-state index in [-0.39, 0.29) is 0 Å². The topological polar surface area (TPSA) is 36.8 Å². The molecule has 0 saturated carbocycles. The van der Waals surface area contributed by atoms with Gasteiger partial charge in [-0.25, -0.2) is 9.98 Å². The minimum absolute atomic E-state index is 0.844. The second-order valence-corrected chi connectivity index (χ2v) is 7.68. The first-order valence-corrected chi connectivity index (χ1v) is 9.72. The summed E-state index contributed by atoms with van der Waals surface area (Å²) in [6.07, 6.45) is 5.98. The van der Waals surface area contributed by atoms with Gasteiger partial charge < -0.3 is 5.32 Å². The Morgan fingerprint density at radius 1 is 1.25 bits per heavy atom. The number of hydrogen-bond donors (Lipinski definition) is 1. The number of nitrogens with zero attached hydrogens (tertiary/aromatic N) is 2. The molecule has 1 saturated heterocycles. The Balaban J connectivity index is 1.85. The van der Waals surface area contributed by atoms with Crippen molar-refractivity contribution in [3.63, 3.8) is 0 Å². The minimum atomic E-state index is 0.844. The molecule has 2 heterocycles. The van der Waals surface area contributed by atoms with Crippen molar-refractivity contribution in [3.8, 4) is 0 Å². The molecule has 0 aliphatic carbocycles. The first-order chi connectivity index (χ1) is 11.7. The van der Waals surface area contributed by atoms with Gasteiger partial charge in [0.1, 0.15) is 5.04 Å². The number of aliphatic imine (C=N–C) groups is 2. The highest BCUT2D eigenvalue weighted by atomic mass is 32.2. The summed E-state index contributed by atoms with van der Waals surface area (Å²) in [7, 11) is 0. The summed E-state index contributed by atoms with van der Waals surface area (Å²) < 4.78 is 0. The summed E-state index contributed by atoms with van der Waals surface area (Å²) in [4.78, 5) is 10.7. The van der Waals surface area contributed by atoms with Crippen molar-refractivity contribution in [1.29, 1.82) is 0 Å². The highest BCUT2D eigenvalue weighted by Gasteiger charge is 2.19. The van der Waals surface area contributed by atoms with Crippen LogP contribution in [0.15, 0.2) is 74.1 Å². The van der Waals surface area contributed by atoms with Crippen LogP contribution in [0.2, 0.25) is 0 Å². The zero-order valence-corrected chi connectivity index (χ0v) is 15.6. The van der Waals surface area contributed by atoms with Crippen molar-refractivity contribution in [3.05, 3.63) is 64.1 Å². The van der Waals surface area contributed by atoms with E-state index >= 15 is 0 Å². The molecule has 3 nitrogen and oxygen atoms in total. The van der Waals surface area contributed by atoms with Crippen molar-refractivity contribution in [2.45, 2.75) is 26.7 Å². The fourth-order valence-corrected chi connectivity index (χ4v) is 4.26. The number of thioether (sulfide) groups is 2. The number of rotatable bonds is 2. The van der Waals surface area contributed by atoms with Gasteiger partial charge in [0.25, 0.3) is 0 Å². The summed E-state index contributed by atoms with van der Waals surface area (Å²) >= 11 is 3.45. The Hall–Kier alpha value is -1.72. The van der Waals surface area contributed by atoms with Crippen molar-refractivity contribution in [2.75, 3.05) is 6.54 Å². The lowest BCUT2D eigenvalue weighted by Gasteiger charge is -2.21. The Morgan fingerprint density at radius 3 is 2.79 bits per heavy atom. The van der Waals surface area contributed by atoms with Crippen LogP contribution in [-0.4, -0.2) is 16.8 Å². The first-order valence-electron chi connectivity index (χ1n) is 8.03. The summed E-state index contributed by atoms with van der Waals surface area (Å²) in [5, 5.41) is 7.52. The Labute approximate surface area is 152 Å². The lowest BCUT2D eigenvalue weighted by Crippen LogP contribution is -2.21. The molecule has 2 aliphatic rings. The third-order valence-corrected chi connectivity index (χ3v) is 5.92. The number of benzene rings is 1. The molecule has 0 radical (unpaired) electrons. The van der Waals surface area contributed by atoms with Crippen LogP contribution < -0.4 is 5.32 Å². The SMILES string of the molecule is CC(C)=C1CCC(=C\SC2=NC=CCN2)/C(=N/c2ccccc2)S1. The normalized spacial score (nSPS) is 20.9. The Bertz CT molecular complexity index is 739. The fraction of sp³-hybridized carbons (Fsp3) is 0.263. The van der Waals surface area contributed by atoms with Gasteiger partial charge in [-0.2, -0.15) is 0 Å². The van der Waals surface area contributed by atoms with Gasteiger partial charge in [0.2, 0.25) is 0 Å². The first kappa shape index (κ1) is 17.1. The second kappa shape index (κ2) is 8.40. The maximum Gasteiger partial charge on any atom is 0.165 e. The van der Waals surface area contributed by atoms with Gasteiger partial charge in [-0.1, -0.05) is 47.3 Å². The third kappa shape index (κ3) is 4.65. The minimum Gasteiger partial charge on any atom is -0.361 e. The van der Waals surface area contributed by atoms with E-state index in [1.165, 1.54) is 16.1 Å². The summed E-state index contributed by atoms with van der Waals surface area (Å²) in [5.74, 6) is 0. The molecule has 3 rings (SSSR count). The molecule has 1 aromatic rings. The van der Waals surface area contributed by atoms with E-state index in [0.717, 1.165) is 35.3 Å². The van der Waals surface area contributed by atoms with Crippen LogP contribution in [0.3, 0.4) is 0 Å². The van der Waals surface area contributed by atoms with E-state index in [2.05, 4.69) is 29.6 Å². The van der Waals surface area contributed by atoms with E-state index in [1.54, 1.807) is 23.5 Å². The van der Waals surface area contributed by atoms with Crippen LogP contribution in [0.1, 0.15) is 26.7 Å². The van der Waals surface area contributed by atoms with Crippen molar-refractivity contribution in [2.24, 2.45) is 9.98 Å². The smallest absolute Gasteiger partial charge is 0.165 e. The Kier molecular flexibility index (Phi) is 5.99. The zero-order chi connectivity index (χ0) is 16.8. The highest BCUT2D eigenvalue weighted by molar-refractivity contribution is 8.18. The van der Waals surface area contributed by atoms with Crippen LogP contribution in [-0.2, 0) is 0 Å². The number of nitrogens with one attached hydrogen (secondary N) is 1. The van der Waals surface area contributed by atoms with E-state index in [1.807, 2.05) is 42.6 Å². The van der Waals surface area contributed by atoms with Gasteiger partial charge in [0, 0.05) is 12.7 Å². The maximum absolute atomic E-state index is 4.89. The monoisotopic (exact) mass is 355 g/mol. The molecule has 24 heavy (non-hydrogen) atoms. The molecule has 5 heteroatoms. The molecule has 1 aromatic carbocycles. The lowest BCUT2D eigenvalue weighted by atomic mass is 10.1. The molecule has 0 aromatic heterocycles. The standard InChI is InChI=1S/C19H21N3S2/c1-14(2)17-10-9-15(13-23-19-20-11-6-12-21-19)18(24-17)22-16-7-4-3-5-8-16/h3-8,11,13H,9-10,12H2,1-2H3,(H,20,21)/b15-13+,22-18-. The van der Waals surface area contributed by atoms with Gasteiger partial charge in [-0.15, -0.1) is 0 Å². The number of amidine groups is 1. The van der Waals surface area contributed by atoms with Gasteiger partial charge in [0.05, 0.1) is 5.69 Å². The molecule has 1 fully saturated rings. The molecular formula is C19H21N3S2. The van der Waals surface area contributed by atoms with Crippen molar-refractivity contribution >= 4 is 39.4 Å². The maximum atomic E-state index is 4.89. The van der Waals surface area contributed by atoms with Crippen LogP contribution in [0.25, 0.3) is 0 Å². The zero-order valence-electron chi connectivity index (χ0n) is 14.0. The van der Waals surface area contributed by atoms with Crippen molar-refractivity contribution < 1.29 is 0 Å². The average molecular weight is 356 g/mol. The predicted molar refractivity (Wildman–Crippen MR) is 109 cm³/mol. The molecule has 2 aliphatic heterocycles. The van der Waals surface area contributed by atoms with Gasteiger partial charge >= 0.3 is 0 Å².